The summed E-state index contributed by atoms with van der Waals surface area (Å²) in [5, 5.41) is 0. The second-order valence-electron chi connectivity index (χ2n) is 5.61. The number of nitrogens with two attached hydrogens (primary N) is 1. The molecule has 1 heterocycles. The van der Waals surface area contributed by atoms with Crippen LogP contribution in [0.5, 0.6) is 0 Å². The van der Waals surface area contributed by atoms with Crippen LogP contribution in [-0.2, 0) is 0 Å². The van der Waals surface area contributed by atoms with Gasteiger partial charge in [-0.3, -0.25) is 0 Å². The molecule has 0 bridgehead atoms. The number of fused-ring (bicyclic) bond motifs is 1. The summed E-state index contributed by atoms with van der Waals surface area (Å²) in [5.74, 6) is 0.579. The summed E-state index contributed by atoms with van der Waals surface area (Å²) >= 11 is 0. The highest BCUT2D eigenvalue weighted by Gasteiger charge is 2.17. The quantitative estimate of drug-likeness (QED) is 0.712. The van der Waals surface area contributed by atoms with E-state index in [0.717, 1.165) is 28.0 Å². The molecule has 4 heteroatoms. The Balaban J connectivity index is 2.36. The van der Waals surface area contributed by atoms with E-state index in [-0.39, 0.29) is 11.9 Å². The summed E-state index contributed by atoms with van der Waals surface area (Å²) in [7, 11) is 0. The zero-order chi connectivity index (χ0) is 15.1. The van der Waals surface area contributed by atoms with E-state index >= 15 is 0 Å². The molecule has 3 nitrogen and oxygen atoms in total. The maximum atomic E-state index is 13.6. The first-order chi connectivity index (χ1) is 9.97. The van der Waals surface area contributed by atoms with Crippen molar-refractivity contribution in [3.8, 4) is 11.4 Å². The second-order valence-corrected chi connectivity index (χ2v) is 5.61. The van der Waals surface area contributed by atoms with Crippen molar-refractivity contribution in [1.29, 1.82) is 0 Å². The Morgan fingerprint density at radius 2 is 1.90 bits per heavy atom. The number of aromatic nitrogens is 2. The van der Waals surface area contributed by atoms with Gasteiger partial charge in [0.05, 0.1) is 11.0 Å². The van der Waals surface area contributed by atoms with Gasteiger partial charge in [-0.2, -0.15) is 0 Å². The van der Waals surface area contributed by atoms with E-state index in [1.165, 1.54) is 12.1 Å². The third-order valence-electron chi connectivity index (χ3n) is 3.67. The third-order valence-corrected chi connectivity index (χ3v) is 3.67. The van der Waals surface area contributed by atoms with Gasteiger partial charge in [0.15, 0.2) is 0 Å². The minimum atomic E-state index is -0.250. The molecule has 3 rings (SSSR count). The Kier molecular flexibility index (Phi) is 3.16. The second kappa shape index (κ2) is 4.88. The van der Waals surface area contributed by atoms with Crippen molar-refractivity contribution < 1.29 is 4.39 Å². The molecule has 0 amide bonds. The van der Waals surface area contributed by atoms with E-state index in [1.54, 1.807) is 6.07 Å². The zero-order valence-electron chi connectivity index (χ0n) is 12.4. The van der Waals surface area contributed by atoms with Crippen molar-refractivity contribution >= 4 is 16.7 Å². The number of benzene rings is 2. The number of nitrogens with zero attached hydrogens (tertiary/aromatic N) is 2. The predicted octanol–water partition coefficient (Wildman–Crippen LogP) is 4.31. The van der Waals surface area contributed by atoms with Crippen molar-refractivity contribution in [2.75, 3.05) is 5.73 Å². The number of imidazole rings is 1. The van der Waals surface area contributed by atoms with Crippen LogP contribution in [-0.4, -0.2) is 9.55 Å². The summed E-state index contributed by atoms with van der Waals surface area (Å²) in [5.41, 5.74) is 10.3. The van der Waals surface area contributed by atoms with Gasteiger partial charge in [-0.05, 0) is 56.7 Å². The molecule has 0 aliphatic rings. The molecule has 2 aromatic carbocycles. The van der Waals surface area contributed by atoms with Gasteiger partial charge in [-0.15, -0.1) is 0 Å². The molecule has 0 saturated heterocycles. The van der Waals surface area contributed by atoms with Crippen molar-refractivity contribution in [2.24, 2.45) is 0 Å². The first-order valence-corrected chi connectivity index (χ1v) is 7.01. The maximum Gasteiger partial charge on any atom is 0.141 e. The lowest BCUT2D eigenvalue weighted by molar-refractivity contribution is 0.613. The van der Waals surface area contributed by atoms with Gasteiger partial charge in [0.1, 0.15) is 11.6 Å². The van der Waals surface area contributed by atoms with Crippen LogP contribution < -0.4 is 5.73 Å². The topological polar surface area (TPSA) is 43.8 Å². The molecule has 0 atom stereocenters. The summed E-state index contributed by atoms with van der Waals surface area (Å²) in [6, 6.07) is 10.6. The van der Waals surface area contributed by atoms with Gasteiger partial charge < -0.3 is 10.3 Å². The zero-order valence-corrected chi connectivity index (χ0v) is 12.4. The standard InChI is InChI=1S/C17H18FN3/c1-10(2)21-16-8-12(18)5-7-15(16)20-17(21)14-9-13(19)6-4-11(14)3/h4-10H,19H2,1-3H3. The van der Waals surface area contributed by atoms with Gasteiger partial charge in [0, 0.05) is 17.3 Å². The van der Waals surface area contributed by atoms with E-state index in [0.29, 0.717) is 5.69 Å². The molecular weight excluding hydrogens is 265 g/mol. The van der Waals surface area contributed by atoms with E-state index < -0.39 is 0 Å². The van der Waals surface area contributed by atoms with Crippen molar-refractivity contribution in [2.45, 2.75) is 26.8 Å². The van der Waals surface area contributed by atoms with E-state index in [4.69, 9.17) is 5.73 Å². The average molecular weight is 283 g/mol. The van der Waals surface area contributed by atoms with Crippen LogP contribution in [0, 0.1) is 12.7 Å². The van der Waals surface area contributed by atoms with Gasteiger partial charge in [-0.25, -0.2) is 9.37 Å². The van der Waals surface area contributed by atoms with Crippen molar-refractivity contribution in [3.05, 3.63) is 47.8 Å². The maximum absolute atomic E-state index is 13.6. The number of hydrogen-bond acceptors (Lipinski definition) is 2. The molecule has 0 spiro atoms. The lowest BCUT2D eigenvalue weighted by Gasteiger charge is -2.15. The Hall–Kier alpha value is -2.36. The highest BCUT2D eigenvalue weighted by Crippen LogP contribution is 2.31. The molecule has 0 fully saturated rings. The summed E-state index contributed by atoms with van der Waals surface area (Å²) in [6.45, 7) is 6.16. The number of anilines is 1. The molecule has 1 aromatic heterocycles. The third kappa shape index (κ3) is 2.27. The van der Waals surface area contributed by atoms with Crippen LogP contribution in [0.25, 0.3) is 22.4 Å². The number of halogens is 1. The van der Waals surface area contributed by atoms with Gasteiger partial charge in [-0.1, -0.05) is 6.07 Å². The number of rotatable bonds is 2. The minimum absolute atomic E-state index is 0.174. The normalized spacial score (nSPS) is 11.5. The van der Waals surface area contributed by atoms with Crippen molar-refractivity contribution in [1.82, 2.24) is 9.55 Å². The molecule has 3 aromatic rings. The fourth-order valence-electron chi connectivity index (χ4n) is 2.66. The minimum Gasteiger partial charge on any atom is -0.399 e. The summed E-state index contributed by atoms with van der Waals surface area (Å²) in [6.07, 6.45) is 0. The number of aryl methyl sites for hydroxylation is 1. The lowest BCUT2D eigenvalue weighted by Crippen LogP contribution is -2.04. The van der Waals surface area contributed by atoms with Crippen LogP contribution in [0.4, 0.5) is 10.1 Å². The molecule has 0 saturated carbocycles. The van der Waals surface area contributed by atoms with Gasteiger partial charge in [0.2, 0.25) is 0 Å². The molecule has 0 aliphatic carbocycles. The first kappa shape index (κ1) is 13.6. The molecule has 2 N–H and O–H groups in total. The van der Waals surface area contributed by atoms with Gasteiger partial charge in [0.25, 0.3) is 0 Å². The highest BCUT2D eigenvalue weighted by atomic mass is 19.1. The van der Waals surface area contributed by atoms with Crippen LogP contribution in [0.2, 0.25) is 0 Å². The molecule has 0 radical (unpaired) electrons. The fourth-order valence-corrected chi connectivity index (χ4v) is 2.66. The fraction of sp³-hybridized carbons (Fsp3) is 0.235. The van der Waals surface area contributed by atoms with Crippen LogP contribution in [0.15, 0.2) is 36.4 Å². The van der Waals surface area contributed by atoms with Crippen LogP contribution in [0.1, 0.15) is 25.5 Å². The van der Waals surface area contributed by atoms with Crippen LogP contribution in [0.3, 0.4) is 0 Å². The monoisotopic (exact) mass is 283 g/mol. The Labute approximate surface area is 123 Å². The van der Waals surface area contributed by atoms with Gasteiger partial charge >= 0.3 is 0 Å². The predicted molar refractivity (Wildman–Crippen MR) is 84.7 cm³/mol. The number of hydrogen-bond donors (Lipinski definition) is 1. The molecular formula is C17H18FN3. The van der Waals surface area contributed by atoms with E-state index in [9.17, 15) is 4.39 Å². The molecule has 0 unspecified atom stereocenters. The average Bonchev–Trinajstić information content (AvgIpc) is 2.79. The first-order valence-electron chi connectivity index (χ1n) is 7.01. The summed E-state index contributed by atoms with van der Waals surface area (Å²) < 4.78 is 15.6. The Morgan fingerprint density at radius 3 is 2.62 bits per heavy atom. The van der Waals surface area contributed by atoms with Crippen molar-refractivity contribution in [3.63, 3.8) is 0 Å². The van der Waals surface area contributed by atoms with Crippen LogP contribution >= 0.6 is 0 Å². The lowest BCUT2D eigenvalue weighted by atomic mass is 10.1. The molecule has 0 aliphatic heterocycles. The Morgan fingerprint density at radius 1 is 1.14 bits per heavy atom. The van der Waals surface area contributed by atoms with E-state index in [2.05, 4.69) is 23.4 Å². The largest absolute Gasteiger partial charge is 0.399 e. The SMILES string of the molecule is Cc1ccc(N)cc1-c1nc2ccc(F)cc2n1C(C)C. The molecule has 108 valence electrons. The molecule has 21 heavy (non-hydrogen) atoms. The van der Waals surface area contributed by atoms with E-state index in [1.807, 2.05) is 25.1 Å². The Bertz CT molecular complexity index is 818. The smallest absolute Gasteiger partial charge is 0.141 e. The summed E-state index contributed by atoms with van der Waals surface area (Å²) in [4.78, 5) is 4.69. The highest BCUT2D eigenvalue weighted by molar-refractivity contribution is 5.82. The number of nitrogen functional groups attached to an aromatic ring is 1.